The minimum absolute atomic E-state index is 0.0631. The molecule has 0 spiro atoms. The number of aromatic amines is 1. The summed E-state index contributed by atoms with van der Waals surface area (Å²) in [5, 5.41) is 5.31. The number of carbonyl (C=O) groups is 2. The van der Waals surface area contributed by atoms with Crippen LogP contribution >= 0.6 is 11.6 Å². The minimum Gasteiger partial charge on any atom is -0.461 e. The smallest absolute Gasteiger partial charge is 0.433 e. The highest BCUT2D eigenvalue weighted by Crippen LogP contribution is 2.33. The van der Waals surface area contributed by atoms with E-state index in [-0.39, 0.29) is 12.2 Å². The molecule has 0 amide bonds. The molecule has 2 aromatic rings. The fraction of sp³-hybridized carbons (Fsp3) is 0.214. The van der Waals surface area contributed by atoms with Crippen molar-refractivity contribution in [3.8, 4) is 0 Å². The van der Waals surface area contributed by atoms with Crippen molar-refractivity contribution < 1.29 is 27.5 Å². The Bertz CT molecular complexity index is 739. The number of rotatable bonds is 4. The van der Waals surface area contributed by atoms with Gasteiger partial charge in [-0.15, -0.1) is 0 Å². The van der Waals surface area contributed by atoms with Gasteiger partial charge in [-0.3, -0.25) is 9.89 Å². The number of aromatic nitrogens is 2. The SMILES string of the molecule is CCOC(=O)c1n[nH]c(C(F)(F)F)c1C(=O)c1ccc(Cl)cc1. The Hall–Kier alpha value is -2.35. The van der Waals surface area contributed by atoms with E-state index in [9.17, 15) is 22.8 Å². The van der Waals surface area contributed by atoms with Crippen LogP contribution in [0.25, 0.3) is 0 Å². The van der Waals surface area contributed by atoms with Crippen molar-refractivity contribution in [3.63, 3.8) is 0 Å². The standard InChI is InChI=1S/C14H10ClF3N2O3/c1-2-23-13(22)10-9(12(20-19-10)14(16,17)18)11(21)7-3-5-8(15)6-4-7/h3-6H,2H2,1H3,(H,19,20). The van der Waals surface area contributed by atoms with Crippen LogP contribution in [-0.2, 0) is 10.9 Å². The van der Waals surface area contributed by atoms with E-state index in [1.807, 2.05) is 0 Å². The van der Waals surface area contributed by atoms with E-state index in [0.717, 1.165) is 0 Å². The van der Waals surface area contributed by atoms with E-state index in [2.05, 4.69) is 9.84 Å². The quantitative estimate of drug-likeness (QED) is 0.679. The third kappa shape index (κ3) is 3.53. The highest BCUT2D eigenvalue weighted by Gasteiger charge is 2.41. The van der Waals surface area contributed by atoms with Gasteiger partial charge in [0.2, 0.25) is 0 Å². The summed E-state index contributed by atoms with van der Waals surface area (Å²) in [7, 11) is 0. The molecule has 2 rings (SSSR count). The Morgan fingerprint density at radius 1 is 1.26 bits per heavy atom. The Morgan fingerprint density at radius 3 is 2.39 bits per heavy atom. The maximum Gasteiger partial charge on any atom is 0.433 e. The molecule has 1 aromatic carbocycles. The van der Waals surface area contributed by atoms with Crippen molar-refractivity contribution in [1.29, 1.82) is 0 Å². The highest BCUT2D eigenvalue weighted by molar-refractivity contribution is 6.30. The maximum absolute atomic E-state index is 13.1. The number of ether oxygens (including phenoxy) is 1. The first-order valence-electron chi connectivity index (χ1n) is 6.38. The molecule has 1 N–H and O–H groups in total. The fourth-order valence-electron chi connectivity index (χ4n) is 1.86. The fourth-order valence-corrected chi connectivity index (χ4v) is 1.99. The summed E-state index contributed by atoms with van der Waals surface area (Å²) in [4.78, 5) is 24.2. The number of nitrogens with one attached hydrogen (secondary N) is 1. The lowest BCUT2D eigenvalue weighted by atomic mass is 10.0. The normalized spacial score (nSPS) is 11.3. The zero-order valence-corrected chi connectivity index (χ0v) is 12.5. The van der Waals surface area contributed by atoms with Gasteiger partial charge >= 0.3 is 12.1 Å². The molecule has 0 aliphatic heterocycles. The molecule has 1 aromatic heterocycles. The first-order valence-corrected chi connectivity index (χ1v) is 6.76. The van der Waals surface area contributed by atoms with E-state index >= 15 is 0 Å². The van der Waals surface area contributed by atoms with Gasteiger partial charge in [0.05, 0.1) is 12.2 Å². The van der Waals surface area contributed by atoms with E-state index in [0.29, 0.717) is 5.02 Å². The van der Waals surface area contributed by atoms with Crippen LogP contribution in [0, 0.1) is 0 Å². The number of alkyl halides is 3. The van der Waals surface area contributed by atoms with Crippen molar-refractivity contribution in [3.05, 3.63) is 51.8 Å². The number of benzene rings is 1. The van der Waals surface area contributed by atoms with Crippen LogP contribution in [-0.4, -0.2) is 28.6 Å². The van der Waals surface area contributed by atoms with E-state index < -0.39 is 34.9 Å². The predicted octanol–water partition coefficient (Wildman–Crippen LogP) is 3.49. The molecule has 0 radical (unpaired) electrons. The van der Waals surface area contributed by atoms with Crippen LogP contribution in [0.3, 0.4) is 0 Å². The molecule has 0 bridgehead atoms. The average molecular weight is 347 g/mol. The molecule has 0 saturated carbocycles. The second kappa shape index (κ2) is 6.41. The first-order chi connectivity index (χ1) is 10.8. The number of esters is 1. The summed E-state index contributed by atoms with van der Waals surface area (Å²) in [6.45, 7) is 1.41. The molecule has 0 fully saturated rings. The molecule has 0 saturated heterocycles. The van der Waals surface area contributed by atoms with Crippen molar-refractivity contribution in [2.75, 3.05) is 6.61 Å². The van der Waals surface area contributed by atoms with Crippen LogP contribution in [0.15, 0.2) is 24.3 Å². The largest absolute Gasteiger partial charge is 0.461 e. The van der Waals surface area contributed by atoms with Crippen LogP contribution in [0.2, 0.25) is 5.02 Å². The number of halogens is 4. The number of H-pyrrole nitrogens is 1. The van der Waals surface area contributed by atoms with Crippen LogP contribution in [0.1, 0.15) is 39.0 Å². The predicted molar refractivity (Wildman–Crippen MR) is 74.4 cm³/mol. The van der Waals surface area contributed by atoms with Gasteiger partial charge in [-0.2, -0.15) is 18.3 Å². The highest BCUT2D eigenvalue weighted by atomic mass is 35.5. The lowest BCUT2D eigenvalue weighted by Gasteiger charge is -2.08. The molecule has 0 aliphatic rings. The molecule has 0 aliphatic carbocycles. The van der Waals surface area contributed by atoms with Crippen molar-refractivity contribution in [1.82, 2.24) is 10.2 Å². The van der Waals surface area contributed by atoms with Gasteiger partial charge in [0.1, 0.15) is 0 Å². The molecule has 5 nitrogen and oxygen atoms in total. The summed E-state index contributed by atoms with van der Waals surface area (Å²) < 4.78 is 43.8. The summed E-state index contributed by atoms with van der Waals surface area (Å²) in [5.41, 5.74) is -3.05. The molecule has 9 heteroatoms. The van der Waals surface area contributed by atoms with Gasteiger partial charge in [-0.1, -0.05) is 11.6 Å². The third-order valence-electron chi connectivity index (χ3n) is 2.85. The third-order valence-corrected chi connectivity index (χ3v) is 3.10. The second-order valence-electron chi connectivity index (χ2n) is 4.38. The number of hydrogen-bond acceptors (Lipinski definition) is 4. The molecular formula is C14H10ClF3N2O3. The zero-order valence-electron chi connectivity index (χ0n) is 11.7. The Morgan fingerprint density at radius 2 is 1.87 bits per heavy atom. The van der Waals surface area contributed by atoms with Gasteiger partial charge in [0.15, 0.2) is 17.2 Å². The van der Waals surface area contributed by atoms with Gasteiger partial charge in [-0.25, -0.2) is 4.79 Å². The Balaban J connectivity index is 2.57. The van der Waals surface area contributed by atoms with E-state index in [1.165, 1.54) is 31.2 Å². The lowest BCUT2D eigenvalue weighted by Crippen LogP contribution is -2.17. The number of carbonyl (C=O) groups excluding carboxylic acids is 2. The summed E-state index contributed by atoms with van der Waals surface area (Å²) in [5.74, 6) is -2.12. The molecular weight excluding hydrogens is 337 g/mol. The number of ketones is 1. The summed E-state index contributed by atoms with van der Waals surface area (Å²) in [6, 6.07) is 5.22. The summed E-state index contributed by atoms with van der Waals surface area (Å²) in [6.07, 6.45) is -4.88. The van der Waals surface area contributed by atoms with Gasteiger partial charge < -0.3 is 4.74 Å². The topological polar surface area (TPSA) is 72.0 Å². The van der Waals surface area contributed by atoms with E-state index in [1.54, 1.807) is 5.10 Å². The minimum atomic E-state index is -4.88. The van der Waals surface area contributed by atoms with Crippen LogP contribution < -0.4 is 0 Å². The first kappa shape index (κ1) is 17.0. The van der Waals surface area contributed by atoms with Gasteiger partial charge in [-0.05, 0) is 31.2 Å². The van der Waals surface area contributed by atoms with E-state index in [4.69, 9.17) is 11.6 Å². The lowest BCUT2D eigenvalue weighted by molar-refractivity contribution is -0.141. The number of hydrogen-bond donors (Lipinski definition) is 1. The Labute approximate surface area is 133 Å². The molecule has 122 valence electrons. The van der Waals surface area contributed by atoms with Gasteiger partial charge in [0, 0.05) is 10.6 Å². The van der Waals surface area contributed by atoms with Crippen LogP contribution in [0.5, 0.6) is 0 Å². The zero-order chi connectivity index (χ0) is 17.2. The molecule has 23 heavy (non-hydrogen) atoms. The molecule has 0 unspecified atom stereocenters. The average Bonchev–Trinajstić information content (AvgIpc) is 2.92. The molecule has 1 heterocycles. The van der Waals surface area contributed by atoms with Gasteiger partial charge in [0.25, 0.3) is 0 Å². The maximum atomic E-state index is 13.1. The monoisotopic (exact) mass is 346 g/mol. The number of nitrogens with zero attached hydrogens (tertiary/aromatic N) is 1. The van der Waals surface area contributed by atoms with Crippen molar-refractivity contribution >= 4 is 23.4 Å². The van der Waals surface area contributed by atoms with Crippen molar-refractivity contribution in [2.45, 2.75) is 13.1 Å². The summed E-state index contributed by atoms with van der Waals surface area (Å²) >= 11 is 5.68. The second-order valence-corrected chi connectivity index (χ2v) is 4.81. The van der Waals surface area contributed by atoms with Crippen molar-refractivity contribution in [2.24, 2.45) is 0 Å². The van der Waals surface area contributed by atoms with Crippen LogP contribution in [0.4, 0.5) is 13.2 Å². The molecule has 0 atom stereocenters. The Kier molecular flexibility index (Phi) is 4.74.